The molecule has 0 saturated carbocycles. The minimum absolute atomic E-state index is 0.0332. The number of nitrogen functional groups attached to an aromatic ring is 1. The molecule has 1 heterocycles. The first kappa shape index (κ1) is 14.4. The maximum atomic E-state index is 8.97. The number of hydrogen-bond donors (Lipinski definition) is 2. The third-order valence-electron chi connectivity index (χ3n) is 2.38. The minimum Gasteiger partial charge on any atom is -0.463 e. The van der Waals surface area contributed by atoms with Gasteiger partial charge in [-0.25, -0.2) is 0 Å². The Morgan fingerprint density at radius 2 is 2.06 bits per heavy atom. The minimum atomic E-state index is 0.0332. The summed E-state index contributed by atoms with van der Waals surface area (Å²) in [4.78, 5) is 14.0. The summed E-state index contributed by atoms with van der Waals surface area (Å²) in [6.45, 7) is 5.76. The van der Waals surface area contributed by atoms with E-state index in [4.69, 9.17) is 15.6 Å². The van der Waals surface area contributed by atoms with E-state index in [2.05, 4.69) is 21.9 Å². The highest BCUT2D eigenvalue weighted by Crippen LogP contribution is 2.13. The molecular formula is C11H21N5O2. The van der Waals surface area contributed by atoms with Gasteiger partial charge in [0.25, 0.3) is 0 Å². The molecule has 0 aliphatic heterocycles. The van der Waals surface area contributed by atoms with Crippen molar-refractivity contribution in [3.8, 4) is 6.01 Å². The molecule has 0 fully saturated rings. The molecule has 0 aromatic carbocycles. The van der Waals surface area contributed by atoms with Gasteiger partial charge < -0.3 is 20.5 Å². The smallest absolute Gasteiger partial charge is 0.323 e. The van der Waals surface area contributed by atoms with Crippen LogP contribution in [0, 0.1) is 0 Å². The second-order valence-corrected chi connectivity index (χ2v) is 3.78. The van der Waals surface area contributed by atoms with Gasteiger partial charge in [-0.1, -0.05) is 13.3 Å². The number of rotatable bonds is 8. The molecule has 7 heteroatoms. The van der Waals surface area contributed by atoms with Gasteiger partial charge in [-0.15, -0.1) is 0 Å². The van der Waals surface area contributed by atoms with Gasteiger partial charge in [0.15, 0.2) is 0 Å². The maximum absolute atomic E-state index is 8.97. The third kappa shape index (κ3) is 4.33. The van der Waals surface area contributed by atoms with Crippen molar-refractivity contribution in [2.75, 3.05) is 36.9 Å². The molecule has 0 radical (unpaired) electrons. The van der Waals surface area contributed by atoms with Crippen LogP contribution in [0.5, 0.6) is 6.01 Å². The third-order valence-corrected chi connectivity index (χ3v) is 2.38. The Morgan fingerprint density at radius 3 is 2.67 bits per heavy atom. The Hall–Kier alpha value is -1.63. The molecule has 3 N–H and O–H groups in total. The van der Waals surface area contributed by atoms with Crippen LogP contribution in [-0.2, 0) is 0 Å². The van der Waals surface area contributed by atoms with Crippen LogP contribution < -0.4 is 15.4 Å². The molecule has 1 rings (SSSR count). The average Bonchev–Trinajstić information content (AvgIpc) is 2.35. The zero-order valence-corrected chi connectivity index (χ0v) is 11.0. The number of unbranched alkanes of at least 4 members (excludes halogenated alkanes) is 1. The summed E-state index contributed by atoms with van der Waals surface area (Å²) in [5.41, 5.74) is 5.62. The second kappa shape index (κ2) is 7.65. The van der Waals surface area contributed by atoms with E-state index in [9.17, 15) is 0 Å². The zero-order chi connectivity index (χ0) is 13.4. The Labute approximate surface area is 107 Å². The monoisotopic (exact) mass is 255 g/mol. The molecule has 0 spiro atoms. The lowest BCUT2D eigenvalue weighted by Crippen LogP contribution is -2.28. The van der Waals surface area contributed by atoms with Crippen LogP contribution in [0.2, 0.25) is 0 Å². The van der Waals surface area contributed by atoms with Crippen LogP contribution in [0.1, 0.15) is 26.7 Å². The topological polar surface area (TPSA) is 97.4 Å². The van der Waals surface area contributed by atoms with Gasteiger partial charge in [0.05, 0.1) is 13.2 Å². The van der Waals surface area contributed by atoms with Crippen LogP contribution >= 0.6 is 0 Å². The summed E-state index contributed by atoms with van der Waals surface area (Å²) < 4.78 is 5.41. The van der Waals surface area contributed by atoms with E-state index < -0.39 is 0 Å². The maximum Gasteiger partial charge on any atom is 0.323 e. The largest absolute Gasteiger partial charge is 0.463 e. The van der Waals surface area contributed by atoms with Crippen LogP contribution in [0.3, 0.4) is 0 Å². The molecule has 0 bridgehead atoms. The number of aromatic nitrogens is 3. The lowest BCUT2D eigenvalue weighted by Gasteiger charge is -2.19. The number of hydrogen-bond acceptors (Lipinski definition) is 7. The second-order valence-electron chi connectivity index (χ2n) is 3.78. The van der Waals surface area contributed by atoms with Gasteiger partial charge in [-0.3, -0.25) is 0 Å². The van der Waals surface area contributed by atoms with E-state index >= 15 is 0 Å². The normalized spacial score (nSPS) is 10.4. The van der Waals surface area contributed by atoms with Crippen molar-refractivity contribution in [1.82, 2.24) is 15.0 Å². The summed E-state index contributed by atoms with van der Waals surface area (Å²) >= 11 is 0. The first-order valence-electron chi connectivity index (χ1n) is 6.21. The highest BCUT2D eigenvalue weighted by Gasteiger charge is 2.11. The zero-order valence-electron chi connectivity index (χ0n) is 11.0. The van der Waals surface area contributed by atoms with Crippen molar-refractivity contribution in [1.29, 1.82) is 0 Å². The fraction of sp³-hybridized carbons (Fsp3) is 0.727. The Morgan fingerprint density at radius 1 is 1.28 bits per heavy atom. The number of likely N-dealkylation sites (N-methyl/N-ethyl adjacent to an activating group) is 1. The summed E-state index contributed by atoms with van der Waals surface area (Å²) in [7, 11) is 0. The number of aliphatic hydroxyl groups excluding tert-OH is 1. The van der Waals surface area contributed by atoms with Crippen LogP contribution in [-0.4, -0.2) is 46.4 Å². The van der Waals surface area contributed by atoms with E-state index in [1.165, 1.54) is 0 Å². The highest BCUT2D eigenvalue weighted by atomic mass is 16.5. The SMILES string of the molecule is CCCCOc1nc(N)nc(N(CC)CCO)n1. The standard InChI is InChI=1S/C11H21N5O2/c1-3-5-8-18-11-14-9(12)13-10(15-11)16(4-2)6-7-17/h17H,3-8H2,1-2H3,(H2,12,13,14,15). The highest BCUT2D eigenvalue weighted by molar-refractivity contribution is 5.35. The number of aliphatic hydroxyl groups is 1. The van der Waals surface area contributed by atoms with E-state index in [-0.39, 0.29) is 18.6 Å². The summed E-state index contributed by atoms with van der Waals surface area (Å²) in [6.07, 6.45) is 1.98. The first-order valence-corrected chi connectivity index (χ1v) is 6.21. The van der Waals surface area contributed by atoms with Gasteiger partial charge in [-0.2, -0.15) is 15.0 Å². The Bertz CT molecular complexity index is 361. The molecule has 18 heavy (non-hydrogen) atoms. The molecule has 102 valence electrons. The Balaban J connectivity index is 2.78. The summed E-state index contributed by atoms with van der Waals surface area (Å²) in [5.74, 6) is 0.563. The fourth-order valence-electron chi connectivity index (χ4n) is 1.40. The Kier molecular flexibility index (Phi) is 6.13. The van der Waals surface area contributed by atoms with E-state index in [0.717, 1.165) is 12.8 Å². The molecule has 0 amide bonds. The lowest BCUT2D eigenvalue weighted by molar-refractivity contribution is 0.283. The van der Waals surface area contributed by atoms with E-state index in [1.54, 1.807) is 0 Å². The molecule has 7 nitrogen and oxygen atoms in total. The molecule has 0 aliphatic rings. The van der Waals surface area contributed by atoms with Crippen molar-refractivity contribution in [3.05, 3.63) is 0 Å². The summed E-state index contributed by atoms with van der Waals surface area (Å²) in [5, 5.41) is 8.97. The number of ether oxygens (including phenoxy) is 1. The van der Waals surface area contributed by atoms with Crippen molar-refractivity contribution in [3.63, 3.8) is 0 Å². The molecule has 1 aromatic rings. The van der Waals surface area contributed by atoms with Gasteiger partial charge in [0.2, 0.25) is 11.9 Å². The van der Waals surface area contributed by atoms with Crippen LogP contribution in [0.4, 0.5) is 11.9 Å². The first-order chi connectivity index (χ1) is 8.71. The van der Waals surface area contributed by atoms with Gasteiger partial charge in [0, 0.05) is 13.1 Å². The molecule has 0 unspecified atom stereocenters. The molecular weight excluding hydrogens is 234 g/mol. The lowest BCUT2D eigenvalue weighted by atomic mass is 10.4. The van der Waals surface area contributed by atoms with E-state index in [1.807, 2.05) is 11.8 Å². The van der Waals surface area contributed by atoms with Crippen molar-refractivity contribution in [2.45, 2.75) is 26.7 Å². The van der Waals surface area contributed by atoms with Crippen molar-refractivity contribution < 1.29 is 9.84 Å². The molecule has 0 saturated heterocycles. The number of nitrogens with zero attached hydrogens (tertiary/aromatic N) is 4. The van der Waals surface area contributed by atoms with Gasteiger partial charge >= 0.3 is 6.01 Å². The van der Waals surface area contributed by atoms with Crippen molar-refractivity contribution in [2.24, 2.45) is 0 Å². The molecule has 0 atom stereocenters. The average molecular weight is 255 g/mol. The van der Waals surface area contributed by atoms with Crippen LogP contribution in [0.15, 0.2) is 0 Å². The van der Waals surface area contributed by atoms with Gasteiger partial charge in [0.1, 0.15) is 0 Å². The van der Waals surface area contributed by atoms with Gasteiger partial charge in [-0.05, 0) is 13.3 Å². The molecule has 0 aliphatic carbocycles. The number of nitrogens with two attached hydrogens (primary N) is 1. The predicted octanol–water partition coefficient (Wildman–Crippen LogP) is 0.451. The summed E-state index contributed by atoms with van der Waals surface area (Å²) in [6, 6.07) is 0.238. The molecule has 1 aromatic heterocycles. The van der Waals surface area contributed by atoms with E-state index in [0.29, 0.717) is 25.6 Å². The fourth-order valence-corrected chi connectivity index (χ4v) is 1.40. The predicted molar refractivity (Wildman–Crippen MR) is 69.6 cm³/mol. The number of anilines is 2. The van der Waals surface area contributed by atoms with Crippen molar-refractivity contribution >= 4 is 11.9 Å². The quantitative estimate of drug-likeness (QED) is 0.651. The van der Waals surface area contributed by atoms with Crippen LogP contribution in [0.25, 0.3) is 0 Å².